The van der Waals surface area contributed by atoms with Crippen molar-refractivity contribution in [1.29, 1.82) is 0 Å². The molecule has 6 nitrogen and oxygen atoms in total. The van der Waals surface area contributed by atoms with Gasteiger partial charge in [-0.25, -0.2) is 0 Å². The summed E-state index contributed by atoms with van der Waals surface area (Å²) >= 11 is 0. The molecule has 1 aromatic heterocycles. The van der Waals surface area contributed by atoms with Gasteiger partial charge in [-0.1, -0.05) is 5.16 Å². The summed E-state index contributed by atoms with van der Waals surface area (Å²) in [6.45, 7) is 8.05. The number of hydrogen-bond acceptors (Lipinski definition) is 5. The molecule has 0 amide bonds. The Morgan fingerprint density at radius 2 is 2.32 bits per heavy atom. The highest BCUT2D eigenvalue weighted by atomic mass is 16.5. The second kappa shape index (κ2) is 5.44. The van der Waals surface area contributed by atoms with Gasteiger partial charge in [-0.05, 0) is 26.8 Å². The van der Waals surface area contributed by atoms with Crippen molar-refractivity contribution < 1.29 is 9.94 Å². The lowest BCUT2D eigenvalue weighted by Crippen LogP contribution is -2.44. The molecule has 19 heavy (non-hydrogen) atoms. The number of pyridine rings is 1. The fourth-order valence-electron chi connectivity index (χ4n) is 2.49. The maximum Gasteiger partial charge on any atom is 0.174 e. The Hall–Kier alpha value is -1.82. The van der Waals surface area contributed by atoms with Gasteiger partial charge in [0.25, 0.3) is 0 Å². The highest BCUT2D eigenvalue weighted by Crippen LogP contribution is 2.27. The molecule has 1 fully saturated rings. The van der Waals surface area contributed by atoms with Gasteiger partial charge in [0.05, 0.1) is 30.2 Å². The molecule has 104 valence electrons. The van der Waals surface area contributed by atoms with E-state index in [0.29, 0.717) is 18.8 Å². The topological polar surface area (TPSA) is 84.0 Å². The largest absolute Gasteiger partial charge is 0.409 e. The molecule has 3 N–H and O–H groups in total. The van der Waals surface area contributed by atoms with Crippen LogP contribution in [-0.2, 0) is 4.74 Å². The summed E-state index contributed by atoms with van der Waals surface area (Å²) in [6, 6.07) is 2.22. The third kappa shape index (κ3) is 2.63. The normalized spacial score (nSPS) is 20.7. The monoisotopic (exact) mass is 264 g/mol. The number of ether oxygens (including phenoxy) is 1. The second-order valence-corrected chi connectivity index (χ2v) is 4.85. The minimum absolute atomic E-state index is 0.0960. The number of amidine groups is 1. The molecule has 1 unspecified atom stereocenters. The summed E-state index contributed by atoms with van der Waals surface area (Å²) in [7, 11) is 0. The zero-order chi connectivity index (χ0) is 14.0. The number of aromatic nitrogens is 1. The molecule has 1 aliphatic heterocycles. The van der Waals surface area contributed by atoms with Gasteiger partial charge < -0.3 is 20.6 Å². The van der Waals surface area contributed by atoms with E-state index in [0.717, 1.165) is 23.6 Å². The van der Waals surface area contributed by atoms with Crippen molar-refractivity contribution in [2.45, 2.75) is 26.8 Å². The van der Waals surface area contributed by atoms with Gasteiger partial charge in [-0.2, -0.15) is 0 Å². The average molecular weight is 264 g/mol. The van der Waals surface area contributed by atoms with E-state index >= 15 is 0 Å². The Labute approximate surface area is 112 Å². The Balaban J connectivity index is 2.54. The van der Waals surface area contributed by atoms with Crippen LogP contribution in [0.1, 0.15) is 23.9 Å². The van der Waals surface area contributed by atoms with E-state index in [1.54, 1.807) is 0 Å². The molecule has 0 spiro atoms. The maximum absolute atomic E-state index is 8.96. The molecule has 2 heterocycles. The Morgan fingerprint density at radius 3 is 2.95 bits per heavy atom. The smallest absolute Gasteiger partial charge is 0.174 e. The van der Waals surface area contributed by atoms with Crippen LogP contribution >= 0.6 is 0 Å². The zero-order valence-corrected chi connectivity index (χ0v) is 11.6. The van der Waals surface area contributed by atoms with E-state index in [1.165, 1.54) is 0 Å². The Bertz CT molecular complexity index is 502. The van der Waals surface area contributed by atoms with Gasteiger partial charge in [0, 0.05) is 18.3 Å². The van der Waals surface area contributed by atoms with Crippen molar-refractivity contribution in [1.82, 2.24) is 4.98 Å². The number of morpholine rings is 1. The molecule has 0 radical (unpaired) electrons. The van der Waals surface area contributed by atoms with Crippen molar-refractivity contribution in [3.63, 3.8) is 0 Å². The van der Waals surface area contributed by atoms with Crippen molar-refractivity contribution in [3.05, 3.63) is 23.0 Å². The molecule has 0 saturated carbocycles. The summed E-state index contributed by atoms with van der Waals surface area (Å²) in [4.78, 5) is 6.61. The van der Waals surface area contributed by atoms with Crippen molar-refractivity contribution in [2.75, 3.05) is 24.7 Å². The third-order valence-electron chi connectivity index (χ3n) is 3.35. The first-order valence-electron chi connectivity index (χ1n) is 6.35. The van der Waals surface area contributed by atoms with Crippen LogP contribution in [-0.4, -0.2) is 41.8 Å². The van der Waals surface area contributed by atoms with Crippen LogP contribution in [0.4, 0.5) is 5.69 Å². The summed E-state index contributed by atoms with van der Waals surface area (Å²) in [5.41, 5.74) is 9.14. The predicted molar refractivity (Wildman–Crippen MR) is 73.8 cm³/mol. The van der Waals surface area contributed by atoms with E-state index < -0.39 is 0 Å². The van der Waals surface area contributed by atoms with Crippen LogP contribution in [0.2, 0.25) is 0 Å². The lowest BCUT2D eigenvalue weighted by atomic mass is 10.1. The molecular weight excluding hydrogens is 244 g/mol. The minimum Gasteiger partial charge on any atom is -0.409 e. The van der Waals surface area contributed by atoms with E-state index in [2.05, 4.69) is 22.0 Å². The second-order valence-electron chi connectivity index (χ2n) is 4.85. The summed E-state index contributed by atoms with van der Waals surface area (Å²) in [6.07, 6.45) is 0. The highest BCUT2D eigenvalue weighted by molar-refractivity contribution is 6.03. The molecule has 1 aliphatic rings. The van der Waals surface area contributed by atoms with Crippen LogP contribution in [0.3, 0.4) is 0 Å². The molecule has 2 rings (SSSR count). The first kappa shape index (κ1) is 13.6. The molecule has 1 atom stereocenters. The van der Waals surface area contributed by atoms with Gasteiger partial charge in [0.2, 0.25) is 0 Å². The van der Waals surface area contributed by atoms with Gasteiger partial charge in [0.1, 0.15) is 0 Å². The number of aryl methyl sites for hydroxylation is 2. The zero-order valence-electron chi connectivity index (χ0n) is 11.6. The number of nitrogens with zero attached hydrogens (tertiary/aromatic N) is 3. The number of rotatable bonds is 2. The standard InChI is InChI=1S/C13H20N4O2/c1-8-6-11(17-4-5-19-7-9(17)2)12(10(3)15-8)13(14)16-18/h6,9,18H,4-5,7H2,1-3H3,(H2,14,16). The van der Waals surface area contributed by atoms with Gasteiger partial charge in [-0.3, -0.25) is 4.98 Å². The third-order valence-corrected chi connectivity index (χ3v) is 3.35. The number of anilines is 1. The highest BCUT2D eigenvalue weighted by Gasteiger charge is 2.24. The van der Waals surface area contributed by atoms with Crippen LogP contribution in [0.15, 0.2) is 11.2 Å². The predicted octanol–water partition coefficient (Wildman–Crippen LogP) is 1.02. The van der Waals surface area contributed by atoms with E-state index in [9.17, 15) is 0 Å². The lowest BCUT2D eigenvalue weighted by Gasteiger charge is -2.36. The fraction of sp³-hybridized carbons (Fsp3) is 0.538. The average Bonchev–Trinajstić information content (AvgIpc) is 2.37. The minimum atomic E-state index is 0.0960. The van der Waals surface area contributed by atoms with Crippen molar-refractivity contribution >= 4 is 11.5 Å². The van der Waals surface area contributed by atoms with Crippen molar-refractivity contribution in [2.24, 2.45) is 10.9 Å². The van der Waals surface area contributed by atoms with Gasteiger partial charge in [-0.15, -0.1) is 0 Å². The summed E-state index contributed by atoms with van der Waals surface area (Å²) < 4.78 is 5.45. The Morgan fingerprint density at radius 1 is 1.58 bits per heavy atom. The number of nitrogens with two attached hydrogens (primary N) is 1. The quantitative estimate of drug-likeness (QED) is 0.360. The molecule has 1 saturated heterocycles. The van der Waals surface area contributed by atoms with E-state index in [4.69, 9.17) is 15.7 Å². The molecule has 6 heteroatoms. The first-order chi connectivity index (χ1) is 9.04. The molecular formula is C13H20N4O2. The van der Waals surface area contributed by atoms with Gasteiger partial charge >= 0.3 is 0 Å². The van der Waals surface area contributed by atoms with Crippen LogP contribution in [0, 0.1) is 13.8 Å². The van der Waals surface area contributed by atoms with E-state index in [-0.39, 0.29) is 11.9 Å². The molecule has 1 aromatic rings. The Kier molecular flexibility index (Phi) is 3.90. The number of hydrogen-bond donors (Lipinski definition) is 2. The lowest BCUT2D eigenvalue weighted by molar-refractivity contribution is 0.0989. The molecule has 0 aromatic carbocycles. The van der Waals surface area contributed by atoms with E-state index in [1.807, 2.05) is 19.9 Å². The van der Waals surface area contributed by atoms with Crippen LogP contribution in [0.25, 0.3) is 0 Å². The summed E-state index contributed by atoms with van der Waals surface area (Å²) in [5.74, 6) is 0.0960. The van der Waals surface area contributed by atoms with Crippen LogP contribution in [0.5, 0.6) is 0 Å². The SMILES string of the molecule is Cc1cc(N2CCOCC2C)c(/C(N)=N/O)c(C)n1. The van der Waals surface area contributed by atoms with Gasteiger partial charge in [0.15, 0.2) is 5.84 Å². The molecule has 0 aliphatic carbocycles. The van der Waals surface area contributed by atoms with Crippen LogP contribution < -0.4 is 10.6 Å². The first-order valence-corrected chi connectivity index (χ1v) is 6.35. The maximum atomic E-state index is 8.96. The molecule has 0 bridgehead atoms. The fourth-order valence-corrected chi connectivity index (χ4v) is 2.49. The number of oxime groups is 1. The summed E-state index contributed by atoms with van der Waals surface area (Å²) in [5, 5.41) is 12.1. The van der Waals surface area contributed by atoms with Crippen molar-refractivity contribution in [3.8, 4) is 0 Å².